The molecule has 1 aromatic carbocycles. The SMILES string of the molecule is Cc1cc2c(cc1F)nc(N)n2C1CCSCC1. The molecule has 0 radical (unpaired) electrons. The Morgan fingerprint density at radius 3 is 2.83 bits per heavy atom. The van der Waals surface area contributed by atoms with Gasteiger partial charge in [0.2, 0.25) is 5.95 Å². The number of nitrogen functional groups attached to an aromatic ring is 1. The van der Waals surface area contributed by atoms with Crippen LogP contribution in [0.15, 0.2) is 12.1 Å². The van der Waals surface area contributed by atoms with Crippen molar-refractivity contribution in [1.82, 2.24) is 9.55 Å². The third-order valence-corrected chi connectivity index (χ3v) is 4.60. The molecule has 1 aliphatic rings. The van der Waals surface area contributed by atoms with Crippen LogP contribution in [0.5, 0.6) is 0 Å². The third-order valence-electron chi connectivity index (χ3n) is 3.55. The lowest BCUT2D eigenvalue weighted by molar-refractivity contribution is 0.486. The summed E-state index contributed by atoms with van der Waals surface area (Å²) in [6, 6.07) is 3.74. The molecule has 18 heavy (non-hydrogen) atoms. The Kier molecular flexibility index (Phi) is 2.93. The van der Waals surface area contributed by atoms with E-state index in [1.807, 2.05) is 17.8 Å². The van der Waals surface area contributed by atoms with Crippen LogP contribution in [0.1, 0.15) is 24.4 Å². The summed E-state index contributed by atoms with van der Waals surface area (Å²) in [4.78, 5) is 4.28. The normalized spacial score (nSPS) is 17.4. The van der Waals surface area contributed by atoms with Gasteiger partial charge in [-0.05, 0) is 42.9 Å². The van der Waals surface area contributed by atoms with Crippen LogP contribution in [-0.4, -0.2) is 21.1 Å². The van der Waals surface area contributed by atoms with Crippen molar-refractivity contribution in [2.45, 2.75) is 25.8 Å². The number of aryl methyl sites for hydroxylation is 1. The molecule has 1 aliphatic heterocycles. The second-order valence-corrected chi connectivity index (χ2v) is 6.00. The minimum absolute atomic E-state index is 0.216. The molecule has 0 spiro atoms. The molecule has 0 amide bonds. The van der Waals surface area contributed by atoms with Crippen molar-refractivity contribution in [2.75, 3.05) is 17.2 Å². The predicted molar refractivity (Wildman–Crippen MR) is 74.4 cm³/mol. The summed E-state index contributed by atoms with van der Waals surface area (Å²) in [5, 5.41) is 0. The first-order chi connectivity index (χ1) is 8.66. The van der Waals surface area contributed by atoms with E-state index in [0.717, 1.165) is 29.9 Å². The number of nitrogens with two attached hydrogens (primary N) is 1. The van der Waals surface area contributed by atoms with E-state index >= 15 is 0 Å². The first kappa shape index (κ1) is 11.8. The highest BCUT2D eigenvalue weighted by Gasteiger charge is 2.21. The Hall–Kier alpha value is -1.23. The van der Waals surface area contributed by atoms with E-state index in [1.54, 1.807) is 6.92 Å². The minimum atomic E-state index is -0.216. The zero-order valence-electron chi connectivity index (χ0n) is 10.3. The van der Waals surface area contributed by atoms with Crippen LogP contribution in [-0.2, 0) is 0 Å². The van der Waals surface area contributed by atoms with E-state index in [4.69, 9.17) is 5.73 Å². The van der Waals surface area contributed by atoms with Gasteiger partial charge in [0.1, 0.15) is 5.82 Å². The first-order valence-corrected chi connectivity index (χ1v) is 7.33. The van der Waals surface area contributed by atoms with Gasteiger partial charge in [0.15, 0.2) is 0 Å². The van der Waals surface area contributed by atoms with Crippen LogP contribution in [0.3, 0.4) is 0 Å². The number of benzene rings is 1. The van der Waals surface area contributed by atoms with E-state index in [2.05, 4.69) is 9.55 Å². The maximum absolute atomic E-state index is 13.5. The lowest BCUT2D eigenvalue weighted by Crippen LogP contribution is -2.17. The van der Waals surface area contributed by atoms with E-state index in [0.29, 0.717) is 23.1 Å². The van der Waals surface area contributed by atoms with E-state index in [9.17, 15) is 4.39 Å². The highest BCUT2D eigenvalue weighted by atomic mass is 32.2. The van der Waals surface area contributed by atoms with E-state index < -0.39 is 0 Å². The number of thioether (sulfide) groups is 1. The number of nitrogens with zero attached hydrogens (tertiary/aromatic N) is 2. The molecule has 2 aromatic rings. The van der Waals surface area contributed by atoms with Gasteiger partial charge in [0.05, 0.1) is 11.0 Å². The van der Waals surface area contributed by atoms with Crippen LogP contribution < -0.4 is 5.73 Å². The Labute approximate surface area is 110 Å². The molecule has 0 aliphatic carbocycles. The summed E-state index contributed by atoms with van der Waals surface area (Å²) in [7, 11) is 0. The zero-order chi connectivity index (χ0) is 12.7. The topological polar surface area (TPSA) is 43.8 Å². The molecule has 2 N–H and O–H groups in total. The van der Waals surface area contributed by atoms with Crippen LogP contribution in [0, 0.1) is 12.7 Å². The highest BCUT2D eigenvalue weighted by Crippen LogP contribution is 2.33. The molecule has 0 saturated carbocycles. The number of imidazole rings is 1. The molecule has 96 valence electrons. The van der Waals surface area contributed by atoms with Gasteiger partial charge in [0.25, 0.3) is 0 Å². The maximum atomic E-state index is 13.5. The lowest BCUT2D eigenvalue weighted by Gasteiger charge is -2.24. The molecule has 1 fully saturated rings. The Morgan fingerprint density at radius 2 is 2.11 bits per heavy atom. The van der Waals surface area contributed by atoms with Crippen molar-refractivity contribution in [3.05, 3.63) is 23.5 Å². The van der Waals surface area contributed by atoms with Gasteiger partial charge in [-0.1, -0.05) is 0 Å². The molecule has 2 heterocycles. The molecular weight excluding hydrogens is 249 g/mol. The Bertz CT molecular complexity index is 587. The summed E-state index contributed by atoms with van der Waals surface area (Å²) in [6.07, 6.45) is 2.22. The van der Waals surface area contributed by atoms with Crippen LogP contribution in [0.25, 0.3) is 11.0 Å². The molecule has 0 atom stereocenters. The number of anilines is 1. The van der Waals surface area contributed by atoms with Crippen molar-refractivity contribution < 1.29 is 4.39 Å². The predicted octanol–water partition coefficient (Wildman–Crippen LogP) is 3.13. The second-order valence-electron chi connectivity index (χ2n) is 4.77. The largest absolute Gasteiger partial charge is 0.369 e. The Balaban J connectivity index is 2.15. The third kappa shape index (κ3) is 1.86. The fourth-order valence-corrected chi connectivity index (χ4v) is 3.65. The second kappa shape index (κ2) is 4.46. The fraction of sp³-hybridized carbons (Fsp3) is 0.462. The van der Waals surface area contributed by atoms with Crippen molar-refractivity contribution in [1.29, 1.82) is 0 Å². The van der Waals surface area contributed by atoms with Crippen molar-refractivity contribution in [3.8, 4) is 0 Å². The van der Waals surface area contributed by atoms with Gasteiger partial charge < -0.3 is 10.3 Å². The average Bonchev–Trinajstić information content (AvgIpc) is 2.66. The molecule has 1 saturated heterocycles. The van der Waals surface area contributed by atoms with Crippen molar-refractivity contribution in [3.63, 3.8) is 0 Å². The van der Waals surface area contributed by atoms with Crippen LogP contribution in [0.4, 0.5) is 10.3 Å². The monoisotopic (exact) mass is 265 g/mol. The number of hydrogen-bond acceptors (Lipinski definition) is 3. The van der Waals surface area contributed by atoms with Gasteiger partial charge >= 0.3 is 0 Å². The van der Waals surface area contributed by atoms with Gasteiger partial charge in [-0.15, -0.1) is 0 Å². The number of halogens is 1. The lowest BCUT2D eigenvalue weighted by atomic mass is 10.1. The maximum Gasteiger partial charge on any atom is 0.201 e. The van der Waals surface area contributed by atoms with Crippen molar-refractivity contribution in [2.24, 2.45) is 0 Å². The first-order valence-electron chi connectivity index (χ1n) is 6.18. The van der Waals surface area contributed by atoms with Crippen LogP contribution >= 0.6 is 11.8 Å². The van der Waals surface area contributed by atoms with Gasteiger partial charge in [-0.3, -0.25) is 0 Å². The number of hydrogen-bond donors (Lipinski definition) is 1. The fourth-order valence-electron chi connectivity index (χ4n) is 2.57. The zero-order valence-corrected chi connectivity index (χ0v) is 11.1. The summed E-state index contributed by atoms with van der Waals surface area (Å²) < 4.78 is 15.6. The number of aromatic nitrogens is 2. The summed E-state index contributed by atoms with van der Waals surface area (Å²) in [5.74, 6) is 2.60. The molecule has 5 heteroatoms. The molecule has 3 rings (SSSR count). The molecule has 0 unspecified atom stereocenters. The molecular formula is C13H16FN3S. The average molecular weight is 265 g/mol. The molecule has 1 aromatic heterocycles. The minimum Gasteiger partial charge on any atom is -0.369 e. The number of fused-ring (bicyclic) bond motifs is 1. The summed E-state index contributed by atoms with van der Waals surface area (Å²) >= 11 is 1.98. The van der Waals surface area contributed by atoms with Crippen LogP contribution in [0.2, 0.25) is 0 Å². The highest BCUT2D eigenvalue weighted by molar-refractivity contribution is 7.99. The summed E-state index contributed by atoms with van der Waals surface area (Å²) in [5.41, 5.74) is 8.28. The van der Waals surface area contributed by atoms with E-state index in [1.165, 1.54) is 6.07 Å². The van der Waals surface area contributed by atoms with Crippen molar-refractivity contribution >= 4 is 28.7 Å². The molecule has 0 bridgehead atoms. The quantitative estimate of drug-likeness (QED) is 0.861. The summed E-state index contributed by atoms with van der Waals surface area (Å²) in [6.45, 7) is 1.78. The van der Waals surface area contributed by atoms with Gasteiger partial charge in [-0.25, -0.2) is 9.37 Å². The molecule has 3 nitrogen and oxygen atoms in total. The van der Waals surface area contributed by atoms with Gasteiger partial charge in [-0.2, -0.15) is 11.8 Å². The van der Waals surface area contributed by atoms with Gasteiger partial charge in [0, 0.05) is 12.1 Å². The standard InChI is InChI=1S/C13H16FN3S/c1-8-6-12-11(7-10(8)14)16-13(15)17(12)9-2-4-18-5-3-9/h6-7,9H,2-5H2,1H3,(H2,15,16). The number of rotatable bonds is 1. The smallest absolute Gasteiger partial charge is 0.201 e. The Morgan fingerprint density at radius 1 is 1.39 bits per heavy atom. The van der Waals surface area contributed by atoms with E-state index in [-0.39, 0.29) is 5.82 Å².